The zero-order chi connectivity index (χ0) is 15.5. The molecule has 1 amide bonds. The summed E-state index contributed by atoms with van der Waals surface area (Å²) in [6, 6.07) is 6.78. The average molecular weight is 295 g/mol. The molecule has 0 fully saturated rings. The lowest BCUT2D eigenvalue weighted by atomic mass is 10.1. The van der Waals surface area contributed by atoms with Gasteiger partial charge in [0, 0.05) is 26.3 Å². The Hall–Kier alpha value is -1.59. The fourth-order valence-electron chi connectivity index (χ4n) is 1.95. The molecule has 1 aromatic carbocycles. The highest BCUT2D eigenvalue weighted by molar-refractivity contribution is 5.78. The molecule has 0 unspecified atom stereocenters. The van der Waals surface area contributed by atoms with Crippen LogP contribution in [0.3, 0.4) is 0 Å². The third-order valence-corrected chi connectivity index (χ3v) is 3.04. The molecule has 0 aromatic heterocycles. The Kier molecular flexibility index (Phi) is 8.47. The van der Waals surface area contributed by atoms with E-state index in [0.717, 1.165) is 5.56 Å². The standard InChI is InChI=1S/C16H25NO4/c1-3-20-10-8-17(9-11-21-4-2)16(19)13-14-6-5-7-15(18)12-14/h5-7,12,18H,3-4,8-11,13H2,1-2H3. The Morgan fingerprint density at radius 3 is 2.29 bits per heavy atom. The number of hydrogen-bond acceptors (Lipinski definition) is 4. The molecule has 0 saturated heterocycles. The molecule has 1 aromatic rings. The minimum Gasteiger partial charge on any atom is -0.508 e. The molecule has 1 N–H and O–H groups in total. The van der Waals surface area contributed by atoms with Crippen molar-refractivity contribution in [1.29, 1.82) is 0 Å². The highest BCUT2D eigenvalue weighted by Gasteiger charge is 2.14. The van der Waals surface area contributed by atoms with Gasteiger partial charge in [0.25, 0.3) is 0 Å². The van der Waals surface area contributed by atoms with Gasteiger partial charge in [0.15, 0.2) is 0 Å². The van der Waals surface area contributed by atoms with Gasteiger partial charge in [-0.15, -0.1) is 0 Å². The van der Waals surface area contributed by atoms with Crippen molar-refractivity contribution in [2.24, 2.45) is 0 Å². The fraction of sp³-hybridized carbons (Fsp3) is 0.562. The predicted molar refractivity (Wildman–Crippen MR) is 81.4 cm³/mol. The lowest BCUT2D eigenvalue weighted by molar-refractivity contribution is -0.132. The normalized spacial score (nSPS) is 10.6. The van der Waals surface area contributed by atoms with Crippen LogP contribution in [0.15, 0.2) is 24.3 Å². The molecule has 1 rings (SSSR count). The van der Waals surface area contributed by atoms with E-state index in [1.165, 1.54) is 0 Å². The summed E-state index contributed by atoms with van der Waals surface area (Å²) in [6.45, 7) is 7.29. The van der Waals surface area contributed by atoms with Crippen molar-refractivity contribution in [2.75, 3.05) is 39.5 Å². The second-order valence-electron chi connectivity index (χ2n) is 4.62. The fourth-order valence-corrected chi connectivity index (χ4v) is 1.95. The van der Waals surface area contributed by atoms with Crippen LogP contribution in [0.2, 0.25) is 0 Å². The van der Waals surface area contributed by atoms with E-state index in [1.54, 1.807) is 23.1 Å². The molecule has 21 heavy (non-hydrogen) atoms. The quantitative estimate of drug-likeness (QED) is 0.669. The van der Waals surface area contributed by atoms with E-state index in [2.05, 4.69) is 0 Å². The van der Waals surface area contributed by atoms with E-state index in [0.29, 0.717) is 39.5 Å². The minimum absolute atomic E-state index is 0.0139. The molecule has 0 aliphatic heterocycles. The van der Waals surface area contributed by atoms with Crippen molar-refractivity contribution in [3.05, 3.63) is 29.8 Å². The molecule has 0 spiro atoms. The zero-order valence-corrected chi connectivity index (χ0v) is 12.9. The van der Waals surface area contributed by atoms with Gasteiger partial charge in [0.05, 0.1) is 19.6 Å². The van der Waals surface area contributed by atoms with E-state index in [1.807, 2.05) is 19.9 Å². The summed E-state index contributed by atoms with van der Waals surface area (Å²) in [4.78, 5) is 14.1. The molecule has 0 heterocycles. The molecule has 0 aliphatic carbocycles. The van der Waals surface area contributed by atoms with Crippen LogP contribution < -0.4 is 0 Å². The number of benzene rings is 1. The maximum absolute atomic E-state index is 12.3. The number of phenols is 1. The number of nitrogens with zero attached hydrogens (tertiary/aromatic N) is 1. The van der Waals surface area contributed by atoms with Gasteiger partial charge in [-0.05, 0) is 31.5 Å². The van der Waals surface area contributed by atoms with E-state index in [-0.39, 0.29) is 18.1 Å². The first-order valence-corrected chi connectivity index (χ1v) is 7.38. The van der Waals surface area contributed by atoms with Gasteiger partial charge in [-0.1, -0.05) is 12.1 Å². The first kappa shape index (κ1) is 17.5. The van der Waals surface area contributed by atoms with Crippen LogP contribution in [0.4, 0.5) is 0 Å². The van der Waals surface area contributed by atoms with Gasteiger partial charge >= 0.3 is 0 Å². The molecule has 0 saturated carbocycles. The Labute approximate surface area is 126 Å². The molecular weight excluding hydrogens is 270 g/mol. The largest absolute Gasteiger partial charge is 0.508 e. The molecular formula is C16H25NO4. The number of phenolic OH excluding ortho intramolecular Hbond substituents is 1. The van der Waals surface area contributed by atoms with Crippen LogP contribution in [0.1, 0.15) is 19.4 Å². The van der Waals surface area contributed by atoms with Crippen LogP contribution in [0.5, 0.6) is 5.75 Å². The third kappa shape index (κ3) is 7.11. The molecule has 0 aliphatic rings. The summed E-state index contributed by atoms with van der Waals surface area (Å²) in [5.74, 6) is 0.190. The molecule has 5 heteroatoms. The SMILES string of the molecule is CCOCCN(CCOCC)C(=O)Cc1cccc(O)c1. The van der Waals surface area contributed by atoms with Crippen molar-refractivity contribution < 1.29 is 19.4 Å². The van der Waals surface area contributed by atoms with Gasteiger partial charge in [-0.3, -0.25) is 4.79 Å². The first-order valence-electron chi connectivity index (χ1n) is 7.38. The minimum atomic E-state index is 0.0139. The van der Waals surface area contributed by atoms with E-state index in [9.17, 15) is 9.90 Å². The Morgan fingerprint density at radius 1 is 1.14 bits per heavy atom. The van der Waals surface area contributed by atoms with Gasteiger partial charge in [-0.25, -0.2) is 0 Å². The topological polar surface area (TPSA) is 59.0 Å². The zero-order valence-electron chi connectivity index (χ0n) is 12.9. The summed E-state index contributed by atoms with van der Waals surface area (Å²) in [6.07, 6.45) is 0.270. The van der Waals surface area contributed by atoms with Crippen LogP contribution in [-0.4, -0.2) is 55.4 Å². The summed E-state index contributed by atoms with van der Waals surface area (Å²) in [7, 11) is 0. The Morgan fingerprint density at radius 2 is 1.76 bits per heavy atom. The second kappa shape index (κ2) is 10.2. The highest BCUT2D eigenvalue weighted by atomic mass is 16.5. The maximum Gasteiger partial charge on any atom is 0.227 e. The van der Waals surface area contributed by atoms with Gasteiger partial charge < -0.3 is 19.5 Å². The van der Waals surface area contributed by atoms with Crippen molar-refractivity contribution in [3.8, 4) is 5.75 Å². The third-order valence-electron chi connectivity index (χ3n) is 3.04. The summed E-state index contributed by atoms with van der Waals surface area (Å²) in [5.41, 5.74) is 0.804. The summed E-state index contributed by atoms with van der Waals surface area (Å²) < 4.78 is 10.6. The van der Waals surface area contributed by atoms with Gasteiger partial charge in [-0.2, -0.15) is 0 Å². The lowest BCUT2D eigenvalue weighted by Crippen LogP contribution is -2.37. The predicted octanol–water partition coefficient (Wildman–Crippen LogP) is 1.84. The van der Waals surface area contributed by atoms with Gasteiger partial charge in [0.1, 0.15) is 5.75 Å². The number of hydrogen-bond donors (Lipinski definition) is 1. The van der Waals surface area contributed by atoms with Crippen LogP contribution >= 0.6 is 0 Å². The van der Waals surface area contributed by atoms with E-state index >= 15 is 0 Å². The molecule has 0 atom stereocenters. The monoisotopic (exact) mass is 295 g/mol. The second-order valence-corrected chi connectivity index (χ2v) is 4.62. The van der Waals surface area contributed by atoms with Crippen molar-refractivity contribution in [1.82, 2.24) is 4.90 Å². The first-order chi connectivity index (χ1) is 10.2. The summed E-state index contributed by atoms with van der Waals surface area (Å²) >= 11 is 0. The van der Waals surface area contributed by atoms with E-state index < -0.39 is 0 Å². The molecule has 0 bridgehead atoms. The highest BCUT2D eigenvalue weighted by Crippen LogP contribution is 2.12. The Balaban J connectivity index is 2.55. The average Bonchev–Trinajstić information content (AvgIpc) is 2.46. The lowest BCUT2D eigenvalue weighted by Gasteiger charge is -2.22. The van der Waals surface area contributed by atoms with Crippen molar-refractivity contribution in [2.45, 2.75) is 20.3 Å². The number of amides is 1. The van der Waals surface area contributed by atoms with E-state index in [4.69, 9.17) is 9.47 Å². The Bertz CT molecular complexity index is 412. The van der Waals surface area contributed by atoms with Crippen molar-refractivity contribution >= 4 is 5.91 Å². The van der Waals surface area contributed by atoms with Crippen LogP contribution in [0, 0.1) is 0 Å². The number of carbonyl (C=O) groups excluding carboxylic acids is 1. The number of ether oxygens (including phenoxy) is 2. The molecule has 118 valence electrons. The maximum atomic E-state index is 12.3. The summed E-state index contributed by atoms with van der Waals surface area (Å²) in [5, 5.41) is 9.45. The molecule has 5 nitrogen and oxygen atoms in total. The van der Waals surface area contributed by atoms with Crippen LogP contribution in [0.25, 0.3) is 0 Å². The number of rotatable bonds is 10. The number of carbonyl (C=O) groups is 1. The van der Waals surface area contributed by atoms with Crippen molar-refractivity contribution in [3.63, 3.8) is 0 Å². The molecule has 0 radical (unpaired) electrons. The van der Waals surface area contributed by atoms with Crippen LogP contribution in [-0.2, 0) is 20.7 Å². The van der Waals surface area contributed by atoms with Gasteiger partial charge in [0.2, 0.25) is 5.91 Å². The smallest absolute Gasteiger partial charge is 0.227 e. The number of aromatic hydroxyl groups is 1.